The second kappa shape index (κ2) is 3.38. The lowest BCUT2D eigenvalue weighted by molar-refractivity contribution is 0.266. The van der Waals surface area contributed by atoms with Gasteiger partial charge in [-0.25, -0.2) is 9.38 Å². The second-order valence-corrected chi connectivity index (χ2v) is 4.05. The van der Waals surface area contributed by atoms with Crippen LogP contribution in [0.1, 0.15) is 12.5 Å². The number of hydrogen-bond acceptors (Lipinski definition) is 3. The Kier molecular flexibility index (Phi) is 2.31. The van der Waals surface area contributed by atoms with Gasteiger partial charge in [-0.15, -0.1) is 0 Å². The number of nitrogens with two attached hydrogens (primary N) is 1. The molecule has 5 heteroatoms. The molecule has 1 heterocycles. The maximum Gasteiger partial charge on any atom is 0.283 e. The van der Waals surface area contributed by atoms with E-state index in [1.807, 2.05) is 6.92 Å². The SMILES string of the molecule is C[C@]1(c2ccc(F)c(Cl)c2)COC(N)=N1. The van der Waals surface area contributed by atoms with Crippen LogP contribution in [0.2, 0.25) is 5.02 Å². The Labute approximate surface area is 91.7 Å². The fourth-order valence-corrected chi connectivity index (χ4v) is 1.68. The molecule has 1 aromatic rings. The van der Waals surface area contributed by atoms with Crippen molar-refractivity contribution in [3.63, 3.8) is 0 Å². The van der Waals surface area contributed by atoms with E-state index in [2.05, 4.69) is 4.99 Å². The second-order valence-electron chi connectivity index (χ2n) is 3.64. The minimum Gasteiger partial charge on any atom is -0.462 e. The van der Waals surface area contributed by atoms with Gasteiger partial charge in [-0.05, 0) is 24.6 Å². The first-order valence-corrected chi connectivity index (χ1v) is 4.83. The summed E-state index contributed by atoms with van der Waals surface area (Å²) in [6.07, 6.45) is 0. The highest BCUT2D eigenvalue weighted by Crippen LogP contribution is 2.31. The van der Waals surface area contributed by atoms with Crippen LogP contribution < -0.4 is 5.73 Å². The lowest BCUT2D eigenvalue weighted by Gasteiger charge is -2.18. The topological polar surface area (TPSA) is 47.6 Å². The molecule has 0 bridgehead atoms. The highest BCUT2D eigenvalue weighted by atomic mass is 35.5. The van der Waals surface area contributed by atoms with Gasteiger partial charge in [0.2, 0.25) is 0 Å². The van der Waals surface area contributed by atoms with Gasteiger partial charge in [-0.2, -0.15) is 0 Å². The van der Waals surface area contributed by atoms with Crippen LogP contribution in [0.15, 0.2) is 23.2 Å². The predicted octanol–water partition coefficient (Wildman–Crippen LogP) is 2.04. The van der Waals surface area contributed by atoms with Gasteiger partial charge >= 0.3 is 0 Å². The van der Waals surface area contributed by atoms with E-state index < -0.39 is 11.4 Å². The Balaban J connectivity index is 2.42. The summed E-state index contributed by atoms with van der Waals surface area (Å²) < 4.78 is 18.0. The van der Waals surface area contributed by atoms with Crippen molar-refractivity contribution in [2.75, 3.05) is 6.61 Å². The molecule has 1 aliphatic rings. The molecular formula is C10H10ClFN2O. The Morgan fingerprint density at radius 1 is 1.60 bits per heavy atom. The van der Waals surface area contributed by atoms with E-state index in [0.29, 0.717) is 6.61 Å². The van der Waals surface area contributed by atoms with Crippen molar-refractivity contribution in [2.45, 2.75) is 12.5 Å². The standard InChI is InChI=1S/C10H10ClFN2O/c1-10(5-15-9(13)14-10)6-2-3-8(12)7(11)4-6/h2-4H,5H2,1H3,(H2,13,14)/t10-/m1/s1. The van der Waals surface area contributed by atoms with Crippen molar-refractivity contribution >= 4 is 17.6 Å². The molecular weight excluding hydrogens is 219 g/mol. The van der Waals surface area contributed by atoms with Gasteiger partial charge in [-0.1, -0.05) is 17.7 Å². The first-order valence-electron chi connectivity index (χ1n) is 4.45. The molecule has 15 heavy (non-hydrogen) atoms. The summed E-state index contributed by atoms with van der Waals surface area (Å²) >= 11 is 5.70. The molecule has 1 aromatic carbocycles. The number of ether oxygens (including phenoxy) is 1. The van der Waals surface area contributed by atoms with Crippen molar-refractivity contribution in [3.05, 3.63) is 34.6 Å². The molecule has 0 saturated carbocycles. The molecule has 0 unspecified atom stereocenters. The third-order valence-electron chi connectivity index (χ3n) is 2.40. The van der Waals surface area contributed by atoms with Gasteiger partial charge in [0.1, 0.15) is 18.0 Å². The number of halogens is 2. The first kappa shape index (κ1) is 10.2. The molecule has 80 valence electrons. The Morgan fingerprint density at radius 3 is 2.87 bits per heavy atom. The number of benzene rings is 1. The average Bonchev–Trinajstić information content (AvgIpc) is 2.52. The van der Waals surface area contributed by atoms with Crippen LogP contribution in [0.4, 0.5) is 4.39 Å². The highest BCUT2D eigenvalue weighted by Gasteiger charge is 2.33. The lowest BCUT2D eigenvalue weighted by Crippen LogP contribution is -2.20. The monoisotopic (exact) mass is 228 g/mol. The van der Waals surface area contributed by atoms with Gasteiger partial charge in [0.05, 0.1) is 5.02 Å². The molecule has 0 aromatic heterocycles. The third-order valence-corrected chi connectivity index (χ3v) is 2.69. The largest absolute Gasteiger partial charge is 0.462 e. The first-order chi connectivity index (χ1) is 7.01. The fourth-order valence-electron chi connectivity index (χ4n) is 1.50. The lowest BCUT2D eigenvalue weighted by atomic mass is 9.94. The van der Waals surface area contributed by atoms with E-state index in [4.69, 9.17) is 22.1 Å². The molecule has 1 aliphatic heterocycles. The van der Waals surface area contributed by atoms with E-state index in [1.165, 1.54) is 6.07 Å². The third kappa shape index (κ3) is 1.77. The summed E-state index contributed by atoms with van der Waals surface area (Å²) in [4.78, 5) is 4.15. The van der Waals surface area contributed by atoms with Crippen molar-refractivity contribution < 1.29 is 9.13 Å². The van der Waals surface area contributed by atoms with Crippen molar-refractivity contribution in [1.29, 1.82) is 0 Å². The van der Waals surface area contributed by atoms with E-state index in [1.54, 1.807) is 12.1 Å². The minimum absolute atomic E-state index is 0.0781. The normalized spacial score (nSPS) is 24.9. The van der Waals surface area contributed by atoms with Gasteiger partial charge in [0.15, 0.2) is 0 Å². The van der Waals surface area contributed by atoms with Crippen molar-refractivity contribution in [3.8, 4) is 0 Å². The van der Waals surface area contributed by atoms with Gasteiger partial charge in [0, 0.05) is 0 Å². The predicted molar refractivity (Wildman–Crippen MR) is 56.3 cm³/mol. The highest BCUT2D eigenvalue weighted by molar-refractivity contribution is 6.30. The van der Waals surface area contributed by atoms with Gasteiger partial charge < -0.3 is 10.5 Å². The molecule has 0 amide bonds. The number of amidine groups is 1. The number of aliphatic imine (C=N–C) groups is 1. The molecule has 3 nitrogen and oxygen atoms in total. The fraction of sp³-hybridized carbons (Fsp3) is 0.300. The quantitative estimate of drug-likeness (QED) is 0.800. The Bertz CT molecular complexity index is 435. The molecule has 0 radical (unpaired) electrons. The van der Waals surface area contributed by atoms with E-state index >= 15 is 0 Å². The summed E-state index contributed by atoms with van der Waals surface area (Å²) in [5, 5.41) is 0.0781. The zero-order valence-corrected chi connectivity index (χ0v) is 8.88. The van der Waals surface area contributed by atoms with E-state index in [0.717, 1.165) is 5.56 Å². The van der Waals surface area contributed by atoms with E-state index in [-0.39, 0.29) is 11.0 Å². The van der Waals surface area contributed by atoms with Crippen LogP contribution in [-0.2, 0) is 10.3 Å². The summed E-state index contributed by atoms with van der Waals surface area (Å²) in [7, 11) is 0. The zero-order chi connectivity index (χ0) is 11.1. The summed E-state index contributed by atoms with van der Waals surface area (Å²) in [5.41, 5.74) is 5.65. The van der Waals surface area contributed by atoms with Gasteiger partial charge in [0.25, 0.3) is 6.02 Å². The molecule has 0 saturated heterocycles. The summed E-state index contributed by atoms with van der Waals surface area (Å²) in [5.74, 6) is -0.445. The molecule has 2 rings (SSSR count). The van der Waals surface area contributed by atoms with Crippen LogP contribution in [0, 0.1) is 5.82 Å². The van der Waals surface area contributed by atoms with E-state index in [9.17, 15) is 4.39 Å². The average molecular weight is 229 g/mol. The molecule has 0 fully saturated rings. The number of hydrogen-bond donors (Lipinski definition) is 1. The van der Waals surface area contributed by atoms with Crippen LogP contribution >= 0.6 is 11.6 Å². The van der Waals surface area contributed by atoms with Crippen LogP contribution in [-0.4, -0.2) is 12.6 Å². The van der Waals surface area contributed by atoms with Crippen LogP contribution in [0.3, 0.4) is 0 Å². The smallest absolute Gasteiger partial charge is 0.283 e. The Hall–Kier alpha value is -1.29. The van der Waals surface area contributed by atoms with Crippen LogP contribution in [0.5, 0.6) is 0 Å². The molecule has 0 spiro atoms. The van der Waals surface area contributed by atoms with Crippen LogP contribution in [0.25, 0.3) is 0 Å². The van der Waals surface area contributed by atoms with Crippen molar-refractivity contribution in [1.82, 2.24) is 0 Å². The number of rotatable bonds is 1. The summed E-state index contributed by atoms with van der Waals surface area (Å²) in [6.45, 7) is 2.21. The minimum atomic E-state index is -0.568. The Morgan fingerprint density at radius 2 is 2.33 bits per heavy atom. The molecule has 0 aliphatic carbocycles. The van der Waals surface area contributed by atoms with Gasteiger partial charge in [-0.3, -0.25) is 0 Å². The molecule has 2 N–H and O–H groups in total. The summed E-state index contributed by atoms with van der Waals surface area (Å²) in [6, 6.07) is 4.64. The zero-order valence-electron chi connectivity index (χ0n) is 8.13. The van der Waals surface area contributed by atoms with Crippen molar-refractivity contribution in [2.24, 2.45) is 10.7 Å². The maximum atomic E-state index is 13.0. The maximum absolute atomic E-state index is 13.0. The molecule has 1 atom stereocenters. The number of nitrogens with zero attached hydrogens (tertiary/aromatic N) is 1.